The second-order valence-corrected chi connectivity index (χ2v) is 5.70. The monoisotopic (exact) mass is 235 g/mol. The third-order valence-corrected chi connectivity index (χ3v) is 2.38. The maximum absolute atomic E-state index is 5.80. The molecule has 0 bridgehead atoms. The van der Waals surface area contributed by atoms with Crippen molar-refractivity contribution in [3.05, 3.63) is 29.8 Å². The maximum Gasteiger partial charge on any atom is 0.122 e. The summed E-state index contributed by atoms with van der Waals surface area (Å²) >= 11 is 0. The first-order chi connectivity index (χ1) is 7.88. The number of para-hydroxylation sites is 1. The van der Waals surface area contributed by atoms with Gasteiger partial charge < -0.3 is 10.1 Å². The number of nitrogens with one attached hydrogen (secondary N) is 1. The first-order valence-corrected chi connectivity index (χ1v) is 6.38. The van der Waals surface area contributed by atoms with Crippen LogP contribution in [0.25, 0.3) is 0 Å². The zero-order valence-electron chi connectivity index (χ0n) is 11.7. The van der Waals surface area contributed by atoms with E-state index < -0.39 is 0 Å². The fraction of sp³-hybridized carbons (Fsp3) is 0.600. The Morgan fingerprint density at radius 1 is 1.18 bits per heavy atom. The zero-order chi connectivity index (χ0) is 12.9. The van der Waals surface area contributed by atoms with Crippen LogP contribution in [-0.4, -0.2) is 18.2 Å². The molecule has 1 aromatic carbocycles. The van der Waals surface area contributed by atoms with Gasteiger partial charge in [0.15, 0.2) is 0 Å². The van der Waals surface area contributed by atoms with Gasteiger partial charge >= 0.3 is 0 Å². The van der Waals surface area contributed by atoms with Crippen LogP contribution < -0.4 is 10.1 Å². The summed E-state index contributed by atoms with van der Waals surface area (Å²) < 4.78 is 5.80. The highest BCUT2D eigenvalue weighted by Crippen LogP contribution is 2.19. The maximum atomic E-state index is 5.80. The van der Waals surface area contributed by atoms with Crippen LogP contribution in [0, 0.1) is 0 Å². The Kier molecular flexibility index (Phi) is 5.01. The molecule has 0 fully saturated rings. The first kappa shape index (κ1) is 14.0. The van der Waals surface area contributed by atoms with Crippen molar-refractivity contribution < 1.29 is 4.74 Å². The van der Waals surface area contributed by atoms with Crippen molar-refractivity contribution in [2.75, 3.05) is 6.54 Å². The van der Waals surface area contributed by atoms with E-state index in [0.717, 1.165) is 18.7 Å². The van der Waals surface area contributed by atoms with E-state index in [2.05, 4.69) is 52.1 Å². The number of benzene rings is 1. The van der Waals surface area contributed by atoms with Gasteiger partial charge in [-0.2, -0.15) is 0 Å². The van der Waals surface area contributed by atoms with E-state index in [1.165, 1.54) is 5.56 Å². The Balaban J connectivity index is 2.58. The molecule has 0 aliphatic heterocycles. The number of rotatable bonds is 5. The molecule has 96 valence electrons. The molecule has 0 radical (unpaired) electrons. The highest BCUT2D eigenvalue weighted by Gasteiger charge is 2.09. The van der Waals surface area contributed by atoms with E-state index in [-0.39, 0.29) is 11.6 Å². The molecule has 0 unspecified atom stereocenters. The van der Waals surface area contributed by atoms with E-state index in [4.69, 9.17) is 4.74 Å². The summed E-state index contributed by atoms with van der Waals surface area (Å²) in [5.74, 6) is 1.01. The predicted molar refractivity (Wildman–Crippen MR) is 73.7 cm³/mol. The summed E-state index contributed by atoms with van der Waals surface area (Å²) in [6, 6.07) is 8.28. The van der Waals surface area contributed by atoms with E-state index in [9.17, 15) is 0 Å². The van der Waals surface area contributed by atoms with Gasteiger partial charge in [0.25, 0.3) is 0 Å². The highest BCUT2D eigenvalue weighted by molar-refractivity contribution is 5.33. The lowest BCUT2D eigenvalue weighted by molar-refractivity contribution is 0.239. The summed E-state index contributed by atoms with van der Waals surface area (Å²) in [6.07, 6.45) is 1.23. The molecule has 0 saturated carbocycles. The molecule has 0 spiro atoms. The molecule has 17 heavy (non-hydrogen) atoms. The number of ether oxygens (including phenoxy) is 1. The fourth-order valence-electron chi connectivity index (χ4n) is 1.65. The Morgan fingerprint density at radius 2 is 1.82 bits per heavy atom. The summed E-state index contributed by atoms with van der Waals surface area (Å²) in [6.45, 7) is 11.6. The van der Waals surface area contributed by atoms with Crippen LogP contribution in [0.1, 0.15) is 40.2 Å². The SMILES string of the molecule is CC(C)Oc1ccccc1CCNC(C)(C)C. The van der Waals surface area contributed by atoms with E-state index in [1.54, 1.807) is 0 Å². The summed E-state index contributed by atoms with van der Waals surface area (Å²) in [5, 5.41) is 3.50. The van der Waals surface area contributed by atoms with Crippen LogP contribution in [0.4, 0.5) is 0 Å². The zero-order valence-corrected chi connectivity index (χ0v) is 11.7. The minimum Gasteiger partial charge on any atom is -0.491 e. The Labute approximate surface area is 105 Å². The van der Waals surface area contributed by atoms with Crippen molar-refractivity contribution in [1.82, 2.24) is 5.32 Å². The average Bonchev–Trinajstić information content (AvgIpc) is 2.18. The quantitative estimate of drug-likeness (QED) is 0.844. The van der Waals surface area contributed by atoms with Gasteiger partial charge in [-0.05, 0) is 59.2 Å². The lowest BCUT2D eigenvalue weighted by atomic mass is 10.1. The number of hydrogen-bond donors (Lipinski definition) is 1. The molecular weight excluding hydrogens is 210 g/mol. The lowest BCUT2D eigenvalue weighted by Gasteiger charge is -2.21. The number of hydrogen-bond acceptors (Lipinski definition) is 2. The van der Waals surface area contributed by atoms with Gasteiger partial charge in [-0.1, -0.05) is 18.2 Å². The highest BCUT2D eigenvalue weighted by atomic mass is 16.5. The third-order valence-electron chi connectivity index (χ3n) is 2.38. The fourth-order valence-corrected chi connectivity index (χ4v) is 1.65. The molecule has 1 aromatic rings. The molecule has 0 atom stereocenters. The molecule has 0 amide bonds. The largest absolute Gasteiger partial charge is 0.491 e. The first-order valence-electron chi connectivity index (χ1n) is 6.38. The van der Waals surface area contributed by atoms with Crippen LogP contribution in [0.5, 0.6) is 5.75 Å². The average molecular weight is 235 g/mol. The minimum absolute atomic E-state index is 0.174. The molecular formula is C15H25NO. The molecule has 1 N–H and O–H groups in total. The van der Waals surface area contributed by atoms with Gasteiger partial charge in [0.2, 0.25) is 0 Å². The third kappa shape index (κ3) is 5.73. The van der Waals surface area contributed by atoms with E-state index >= 15 is 0 Å². The van der Waals surface area contributed by atoms with Gasteiger partial charge in [-0.3, -0.25) is 0 Å². The summed E-state index contributed by atoms with van der Waals surface area (Å²) in [7, 11) is 0. The topological polar surface area (TPSA) is 21.3 Å². The predicted octanol–water partition coefficient (Wildman–Crippen LogP) is 3.40. The van der Waals surface area contributed by atoms with E-state index in [1.807, 2.05) is 12.1 Å². The summed E-state index contributed by atoms with van der Waals surface area (Å²) in [5.41, 5.74) is 1.45. The smallest absolute Gasteiger partial charge is 0.122 e. The molecule has 0 aliphatic carbocycles. The van der Waals surface area contributed by atoms with Gasteiger partial charge in [0.05, 0.1) is 6.10 Å². The molecule has 2 heteroatoms. The van der Waals surface area contributed by atoms with Gasteiger partial charge in [-0.25, -0.2) is 0 Å². The van der Waals surface area contributed by atoms with E-state index in [0.29, 0.717) is 0 Å². The van der Waals surface area contributed by atoms with Crippen molar-refractivity contribution in [3.8, 4) is 5.75 Å². The Bertz CT molecular complexity index is 339. The van der Waals surface area contributed by atoms with Crippen LogP contribution in [0.15, 0.2) is 24.3 Å². The van der Waals surface area contributed by atoms with Gasteiger partial charge in [0, 0.05) is 5.54 Å². The second kappa shape index (κ2) is 6.06. The summed E-state index contributed by atoms with van der Waals surface area (Å²) in [4.78, 5) is 0. The second-order valence-electron chi connectivity index (χ2n) is 5.70. The van der Waals surface area contributed by atoms with Gasteiger partial charge in [-0.15, -0.1) is 0 Å². The van der Waals surface area contributed by atoms with Crippen molar-refractivity contribution in [3.63, 3.8) is 0 Å². The standard InChI is InChI=1S/C15H25NO/c1-12(2)17-14-9-7-6-8-13(14)10-11-16-15(3,4)5/h6-9,12,16H,10-11H2,1-5H3. The molecule has 0 aliphatic rings. The van der Waals surface area contributed by atoms with Crippen LogP contribution >= 0.6 is 0 Å². The Morgan fingerprint density at radius 3 is 2.41 bits per heavy atom. The molecule has 0 aromatic heterocycles. The molecule has 2 nitrogen and oxygen atoms in total. The van der Waals surface area contributed by atoms with Crippen molar-refractivity contribution in [2.24, 2.45) is 0 Å². The molecule has 1 rings (SSSR count). The normalized spacial score (nSPS) is 11.9. The van der Waals surface area contributed by atoms with Crippen LogP contribution in [0.2, 0.25) is 0 Å². The minimum atomic E-state index is 0.174. The van der Waals surface area contributed by atoms with Crippen molar-refractivity contribution >= 4 is 0 Å². The van der Waals surface area contributed by atoms with Crippen molar-refractivity contribution in [2.45, 2.75) is 52.7 Å². The lowest BCUT2D eigenvalue weighted by Crippen LogP contribution is -2.37. The Hall–Kier alpha value is -1.02. The van der Waals surface area contributed by atoms with Crippen LogP contribution in [0.3, 0.4) is 0 Å². The molecule has 0 saturated heterocycles. The van der Waals surface area contributed by atoms with Crippen LogP contribution in [-0.2, 0) is 6.42 Å². The van der Waals surface area contributed by atoms with Gasteiger partial charge in [0.1, 0.15) is 5.75 Å². The molecule has 0 heterocycles. The van der Waals surface area contributed by atoms with Crippen molar-refractivity contribution in [1.29, 1.82) is 0 Å².